The molecule has 0 fully saturated rings. The van der Waals surface area contributed by atoms with E-state index in [1.807, 2.05) is 31.2 Å². The van der Waals surface area contributed by atoms with E-state index in [0.29, 0.717) is 28.8 Å². The van der Waals surface area contributed by atoms with E-state index in [2.05, 4.69) is 10.3 Å². The van der Waals surface area contributed by atoms with Crippen LogP contribution in [0.5, 0.6) is 5.75 Å². The van der Waals surface area contributed by atoms with Crippen LogP contribution in [0.25, 0.3) is 0 Å². The summed E-state index contributed by atoms with van der Waals surface area (Å²) >= 11 is 5.94. The molecule has 0 bridgehead atoms. The normalized spacial score (nSPS) is 10.3. The monoisotopic (exact) mass is 352 g/mol. The van der Waals surface area contributed by atoms with Gasteiger partial charge in [0.25, 0.3) is 5.91 Å². The number of aromatic nitrogens is 1. The summed E-state index contributed by atoms with van der Waals surface area (Å²) in [6, 6.07) is 18.3. The predicted octanol–water partition coefficient (Wildman–Crippen LogP) is 4.87. The molecule has 4 nitrogen and oxygen atoms in total. The van der Waals surface area contributed by atoms with E-state index >= 15 is 0 Å². The highest BCUT2D eigenvalue weighted by Gasteiger charge is 2.12. The summed E-state index contributed by atoms with van der Waals surface area (Å²) in [5.74, 6) is 0.601. The van der Waals surface area contributed by atoms with Gasteiger partial charge < -0.3 is 10.1 Å². The zero-order valence-electron chi connectivity index (χ0n) is 13.7. The van der Waals surface area contributed by atoms with Gasteiger partial charge in [-0.1, -0.05) is 41.9 Å². The average Bonchev–Trinajstić information content (AvgIpc) is 2.62. The maximum absolute atomic E-state index is 12.4. The number of nitrogens with one attached hydrogen (secondary N) is 1. The lowest BCUT2D eigenvalue weighted by Crippen LogP contribution is -2.14. The Morgan fingerprint density at radius 1 is 1.12 bits per heavy atom. The topological polar surface area (TPSA) is 51.2 Å². The van der Waals surface area contributed by atoms with Crippen LogP contribution in [0.15, 0.2) is 66.9 Å². The van der Waals surface area contributed by atoms with Crippen molar-refractivity contribution >= 4 is 23.3 Å². The number of aryl methyl sites for hydroxylation is 1. The van der Waals surface area contributed by atoms with Crippen LogP contribution in [0, 0.1) is 6.92 Å². The second-order valence-electron chi connectivity index (χ2n) is 5.53. The number of pyridine rings is 1. The Morgan fingerprint density at radius 3 is 2.76 bits per heavy atom. The molecule has 1 N–H and O–H groups in total. The summed E-state index contributed by atoms with van der Waals surface area (Å²) in [5, 5.41) is 3.28. The van der Waals surface area contributed by atoms with Gasteiger partial charge in [0, 0.05) is 16.8 Å². The molecule has 25 heavy (non-hydrogen) atoms. The first-order chi connectivity index (χ1) is 12.1. The van der Waals surface area contributed by atoms with E-state index in [4.69, 9.17) is 16.3 Å². The fourth-order valence-corrected chi connectivity index (χ4v) is 2.53. The quantitative estimate of drug-likeness (QED) is 0.712. The summed E-state index contributed by atoms with van der Waals surface area (Å²) in [6.45, 7) is 2.43. The van der Waals surface area contributed by atoms with Gasteiger partial charge >= 0.3 is 0 Å². The number of amides is 1. The lowest BCUT2D eigenvalue weighted by Gasteiger charge is -2.12. The van der Waals surface area contributed by atoms with Crippen LogP contribution in [0.4, 0.5) is 5.82 Å². The Bertz CT molecular complexity index is 896. The molecule has 1 amide bonds. The minimum absolute atomic E-state index is 0.290. The van der Waals surface area contributed by atoms with Crippen LogP contribution in [0.1, 0.15) is 21.5 Å². The van der Waals surface area contributed by atoms with Gasteiger partial charge in [-0.25, -0.2) is 4.98 Å². The Hall–Kier alpha value is -2.85. The first-order valence-corrected chi connectivity index (χ1v) is 8.20. The molecule has 3 aromatic rings. The van der Waals surface area contributed by atoms with E-state index in [-0.39, 0.29) is 5.91 Å². The van der Waals surface area contributed by atoms with Crippen LogP contribution in [-0.4, -0.2) is 10.9 Å². The number of halogens is 1. The molecule has 0 radical (unpaired) electrons. The highest BCUT2D eigenvalue weighted by atomic mass is 35.5. The van der Waals surface area contributed by atoms with Gasteiger partial charge in [0.1, 0.15) is 6.61 Å². The number of rotatable bonds is 5. The van der Waals surface area contributed by atoms with Crippen LogP contribution in [0.2, 0.25) is 5.02 Å². The average molecular weight is 353 g/mol. The van der Waals surface area contributed by atoms with E-state index < -0.39 is 0 Å². The molecule has 0 atom stereocenters. The molecular formula is C20H17ClN2O2. The number of carbonyl (C=O) groups excluding carboxylic acids is 1. The summed E-state index contributed by atoms with van der Waals surface area (Å²) in [6.07, 6.45) is 1.61. The van der Waals surface area contributed by atoms with Gasteiger partial charge in [0.2, 0.25) is 0 Å². The maximum atomic E-state index is 12.4. The van der Waals surface area contributed by atoms with Crippen LogP contribution in [0.3, 0.4) is 0 Å². The molecule has 1 aromatic heterocycles. The fourth-order valence-electron chi connectivity index (χ4n) is 2.34. The van der Waals surface area contributed by atoms with Crippen LogP contribution < -0.4 is 10.1 Å². The third-order valence-electron chi connectivity index (χ3n) is 3.73. The minimum atomic E-state index is -0.290. The van der Waals surface area contributed by atoms with Gasteiger partial charge in [-0.2, -0.15) is 0 Å². The molecule has 0 saturated carbocycles. The van der Waals surface area contributed by atoms with E-state index in [1.165, 1.54) is 0 Å². The number of nitrogens with zero attached hydrogens (tertiary/aromatic N) is 1. The molecule has 0 saturated heterocycles. The highest BCUT2D eigenvalue weighted by Crippen LogP contribution is 2.23. The zero-order chi connectivity index (χ0) is 17.6. The predicted molar refractivity (Wildman–Crippen MR) is 99.2 cm³/mol. The number of benzene rings is 2. The van der Waals surface area contributed by atoms with Crippen LogP contribution >= 0.6 is 11.6 Å². The van der Waals surface area contributed by atoms with Crippen molar-refractivity contribution in [2.45, 2.75) is 13.5 Å². The number of carbonyl (C=O) groups is 1. The molecule has 126 valence electrons. The van der Waals surface area contributed by atoms with E-state index in [0.717, 1.165) is 11.1 Å². The first-order valence-electron chi connectivity index (χ1n) is 7.83. The SMILES string of the molecule is Cc1ccccc1COc1cccnc1NC(=O)c1cccc(Cl)c1. The van der Waals surface area contributed by atoms with Gasteiger partial charge in [-0.3, -0.25) is 4.79 Å². The third-order valence-corrected chi connectivity index (χ3v) is 3.97. The lowest BCUT2D eigenvalue weighted by atomic mass is 10.1. The van der Waals surface area contributed by atoms with Crippen molar-refractivity contribution in [2.75, 3.05) is 5.32 Å². The lowest BCUT2D eigenvalue weighted by molar-refractivity contribution is 0.102. The first kappa shape index (κ1) is 17.0. The van der Waals surface area contributed by atoms with Crippen molar-refractivity contribution < 1.29 is 9.53 Å². The summed E-state index contributed by atoms with van der Waals surface area (Å²) in [5.41, 5.74) is 2.69. The third kappa shape index (κ3) is 4.37. The standard InChI is InChI=1S/C20H17ClN2O2/c1-14-6-2-3-7-16(14)13-25-18-10-5-11-22-19(18)23-20(24)15-8-4-9-17(21)12-15/h2-12H,13H2,1H3,(H,22,23,24). The highest BCUT2D eigenvalue weighted by molar-refractivity contribution is 6.31. The number of hydrogen-bond acceptors (Lipinski definition) is 3. The van der Waals surface area contributed by atoms with Gasteiger partial charge in [-0.15, -0.1) is 0 Å². The van der Waals surface area contributed by atoms with Gasteiger partial charge in [-0.05, 0) is 48.4 Å². The van der Waals surface area contributed by atoms with Crippen molar-refractivity contribution in [1.82, 2.24) is 4.98 Å². The second kappa shape index (κ2) is 7.81. The molecule has 0 unspecified atom stereocenters. The zero-order valence-corrected chi connectivity index (χ0v) is 14.5. The van der Waals surface area contributed by atoms with Crippen molar-refractivity contribution in [3.05, 3.63) is 88.6 Å². The Kier molecular flexibility index (Phi) is 5.31. The number of hydrogen-bond donors (Lipinski definition) is 1. The fraction of sp³-hybridized carbons (Fsp3) is 0.100. The van der Waals surface area contributed by atoms with Gasteiger partial charge in [0.05, 0.1) is 0 Å². The molecule has 0 aliphatic heterocycles. The molecule has 0 aliphatic rings. The van der Waals surface area contributed by atoms with E-state index in [1.54, 1.807) is 42.6 Å². The largest absolute Gasteiger partial charge is 0.485 e. The number of anilines is 1. The van der Waals surface area contributed by atoms with Crippen molar-refractivity contribution in [3.63, 3.8) is 0 Å². The molecule has 3 rings (SSSR count). The molecule has 1 heterocycles. The summed E-state index contributed by atoms with van der Waals surface area (Å²) in [4.78, 5) is 16.6. The van der Waals surface area contributed by atoms with Crippen molar-refractivity contribution in [2.24, 2.45) is 0 Å². The number of ether oxygens (including phenoxy) is 1. The molecule has 2 aromatic carbocycles. The van der Waals surface area contributed by atoms with Gasteiger partial charge in [0.15, 0.2) is 11.6 Å². The molecule has 5 heteroatoms. The Balaban J connectivity index is 1.75. The Labute approximate surface area is 151 Å². The van der Waals surface area contributed by atoms with Crippen molar-refractivity contribution in [1.29, 1.82) is 0 Å². The molecular weight excluding hydrogens is 336 g/mol. The summed E-state index contributed by atoms with van der Waals surface area (Å²) < 4.78 is 5.86. The maximum Gasteiger partial charge on any atom is 0.256 e. The van der Waals surface area contributed by atoms with E-state index in [9.17, 15) is 4.79 Å². The minimum Gasteiger partial charge on any atom is -0.485 e. The second-order valence-corrected chi connectivity index (χ2v) is 5.97. The Morgan fingerprint density at radius 2 is 1.96 bits per heavy atom. The molecule has 0 aliphatic carbocycles. The molecule has 0 spiro atoms. The van der Waals surface area contributed by atoms with Crippen molar-refractivity contribution in [3.8, 4) is 5.75 Å². The smallest absolute Gasteiger partial charge is 0.256 e. The summed E-state index contributed by atoms with van der Waals surface area (Å²) in [7, 11) is 0. The van der Waals surface area contributed by atoms with Crippen LogP contribution in [-0.2, 0) is 6.61 Å².